The van der Waals surface area contributed by atoms with Crippen LogP contribution in [0.5, 0.6) is 5.75 Å². The topological polar surface area (TPSA) is 110 Å². The molecule has 0 saturated carbocycles. The zero-order valence-corrected chi connectivity index (χ0v) is 20.2. The molecule has 0 bridgehead atoms. The highest BCUT2D eigenvalue weighted by Crippen LogP contribution is 2.20. The first kappa shape index (κ1) is 24.2. The minimum atomic E-state index is -3.87. The van der Waals surface area contributed by atoms with Gasteiger partial charge in [0.1, 0.15) is 5.75 Å². The summed E-state index contributed by atoms with van der Waals surface area (Å²) < 4.78 is 33.6. The molecule has 0 spiro atoms. The Labute approximate surface area is 194 Å². The van der Waals surface area contributed by atoms with Crippen molar-refractivity contribution >= 4 is 27.6 Å². The van der Waals surface area contributed by atoms with Crippen LogP contribution in [0.1, 0.15) is 35.9 Å². The van der Waals surface area contributed by atoms with Crippen LogP contribution in [0.3, 0.4) is 0 Å². The highest BCUT2D eigenvalue weighted by molar-refractivity contribution is 7.92. The normalized spacial score (nSPS) is 12.2. The van der Waals surface area contributed by atoms with E-state index in [9.17, 15) is 13.2 Å². The van der Waals surface area contributed by atoms with Crippen molar-refractivity contribution in [3.63, 3.8) is 0 Å². The number of amides is 1. The lowest BCUT2D eigenvalue weighted by molar-refractivity contribution is -0.122. The number of carbonyl (C=O) groups is 1. The SMILES string of the molecule is CCC(Oc1ccc(C)c(C)c1)C(=O)Nc1ccc(S(=O)(=O)Nc2nc(C)cc(C)n2)cc1. The molecule has 0 aliphatic rings. The van der Waals surface area contributed by atoms with Crippen LogP contribution in [0.4, 0.5) is 11.6 Å². The largest absolute Gasteiger partial charge is 0.481 e. The Hall–Kier alpha value is -3.46. The molecule has 0 saturated heterocycles. The van der Waals surface area contributed by atoms with Gasteiger partial charge in [0.25, 0.3) is 15.9 Å². The number of nitrogens with zero attached hydrogens (tertiary/aromatic N) is 2. The highest BCUT2D eigenvalue weighted by atomic mass is 32.2. The van der Waals surface area contributed by atoms with Gasteiger partial charge in [0.05, 0.1) is 4.90 Å². The molecule has 0 radical (unpaired) electrons. The van der Waals surface area contributed by atoms with E-state index in [1.54, 1.807) is 19.9 Å². The number of ether oxygens (including phenoxy) is 1. The number of aromatic nitrogens is 2. The molecule has 33 heavy (non-hydrogen) atoms. The Morgan fingerprint density at radius 2 is 1.58 bits per heavy atom. The standard InChI is InChI=1S/C24H28N4O4S/c1-6-22(32-20-10-7-15(2)16(3)13-20)23(29)27-19-8-11-21(12-9-19)33(30,31)28-24-25-17(4)14-18(5)26-24/h7-14,22H,6H2,1-5H3,(H,27,29)(H,25,26,28). The maximum absolute atomic E-state index is 12.7. The van der Waals surface area contributed by atoms with Crippen LogP contribution in [0.2, 0.25) is 0 Å². The molecule has 3 aromatic rings. The van der Waals surface area contributed by atoms with Gasteiger partial charge in [0, 0.05) is 17.1 Å². The zero-order valence-electron chi connectivity index (χ0n) is 19.3. The highest BCUT2D eigenvalue weighted by Gasteiger charge is 2.20. The molecular formula is C24H28N4O4S. The average Bonchev–Trinajstić information content (AvgIpc) is 2.73. The van der Waals surface area contributed by atoms with Crippen LogP contribution in [0.15, 0.2) is 53.4 Å². The third-order valence-corrected chi connectivity index (χ3v) is 6.40. The number of hydrogen-bond donors (Lipinski definition) is 2. The number of rotatable bonds is 8. The van der Waals surface area contributed by atoms with Crippen molar-refractivity contribution in [3.05, 3.63) is 71.0 Å². The van der Waals surface area contributed by atoms with Gasteiger partial charge in [-0.1, -0.05) is 13.0 Å². The number of hydrogen-bond acceptors (Lipinski definition) is 6. The first-order chi connectivity index (χ1) is 15.6. The van der Waals surface area contributed by atoms with Gasteiger partial charge in [-0.2, -0.15) is 0 Å². The van der Waals surface area contributed by atoms with Crippen molar-refractivity contribution in [1.82, 2.24) is 9.97 Å². The van der Waals surface area contributed by atoms with Gasteiger partial charge in [-0.25, -0.2) is 23.1 Å². The first-order valence-corrected chi connectivity index (χ1v) is 12.1. The fraction of sp³-hybridized carbons (Fsp3) is 0.292. The molecule has 0 aliphatic carbocycles. The van der Waals surface area contributed by atoms with Gasteiger partial charge >= 0.3 is 0 Å². The predicted octanol–water partition coefficient (Wildman–Crippen LogP) is 4.31. The Bertz CT molecular complexity index is 1240. The van der Waals surface area contributed by atoms with Crippen LogP contribution in [0.25, 0.3) is 0 Å². The van der Waals surface area contributed by atoms with Crippen LogP contribution in [0, 0.1) is 27.7 Å². The summed E-state index contributed by atoms with van der Waals surface area (Å²) in [5, 5.41) is 2.78. The van der Waals surface area contributed by atoms with Crippen LogP contribution < -0.4 is 14.8 Å². The van der Waals surface area contributed by atoms with E-state index in [1.165, 1.54) is 24.3 Å². The molecule has 0 fully saturated rings. The van der Waals surface area contributed by atoms with Gasteiger partial charge in [-0.15, -0.1) is 0 Å². The lowest BCUT2D eigenvalue weighted by atomic mass is 10.1. The van der Waals surface area contributed by atoms with E-state index in [-0.39, 0.29) is 16.8 Å². The summed E-state index contributed by atoms with van der Waals surface area (Å²) in [5.41, 5.74) is 4.01. The van der Waals surface area contributed by atoms with Crippen molar-refractivity contribution < 1.29 is 17.9 Å². The van der Waals surface area contributed by atoms with Crippen molar-refractivity contribution in [2.24, 2.45) is 0 Å². The minimum absolute atomic E-state index is 0.0131. The summed E-state index contributed by atoms with van der Waals surface area (Å²) in [6.45, 7) is 9.38. The molecular weight excluding hydrogens is 440 g/mol. The number of anilines is 2. The summed E-state index contributed by atoms with van der Waals surface area (Å²) in [4.78, 5) is 20.9. The van der Waals surface area contributed by atoms with Gasteiger partial charge in [0.15, 0.2) is 6.10 Å². The van der Waals surface area contributed by atoms with E-state index in [2.05, 4.69) is 20.0 Å². The molecule has 1 unspecified atom stereocenters. The van der Waals surface area contributed by atoms with Crippen LogP contribution in [-0.2, 0) is 14.8 Å². The Balaban J connectivity index is 1.68. The predicted molar refractivity (Wildman–Crippen MR) is 128 cm³/mol. The van der Waals surface area contributed by atoms with Crippen LogP contribution in [-0.4, -0.2) is 30.4 Å². The number of aryl methyl sites for hydroxylation is 4. The summed E-state index contributed by atoms with van der Waals surface area (Å²) in [6, 6.07) is 13.3. The van der Waals surface area contributed by atoms with Gasteiger partial charge in [-0.3, -0.25) is 4.79 Å². The summed E-state index contributed by atoms with van der Waals surface area (Å²) in [6.07, 6.45) is -0.204. The van der Waals surface area contributed by atoms with E-state index in [4.69, 9.17) is 4.74 Å². The van der Waals surface area contributed by atoms with Gasteiger partial charge in [-0.05, 0) is 87.7 Å². The van der Waals surface area contributed by atoms with E-state index in [0.29, 0.717) is 29.2 Å². The third-order valence-electron chi connectivity index (χ3n) is 5.06. The number of nitrogens with one attached hydrogen (secondary N) is 2. The Kier molecular flexibility index (Phi) is 7.33. The molecule has 1 atom stereocenters. The second kappa shape index (κ2) is 9.99. The molecule has 1 aromatic heterocycles. The number of sulfonamides is 1. The third kappa shape index (κ3) is 6.29. The van der Waals surface area contributed by atoms with E-state index < -0.39 is 16.1 Å². The summed E-state index contributed by atoms with van der Waals surface area (Å²) >= 11 is 0. The smallest absolute Gasteiger partial charge is 0.265 e. The molecule has 8 nitrogen and oxygen atoms in total. The van der Waals surface area contributed by atoms with Crippen LogP contribution >= 0.6 is 0 Å². The zero-order chi connectivity index (χ0) is 24.2. The maximum atomic E-state index is 12.7. The lowest BCUT2D eigenvalue weighted by Gasteiger charge is -2.18. The average molecular weight is 469 g/mol. The molecule has 1 amide bonds. The first-order valence-electron chi connectivity index (χ1n) is 10.6. The van der Waals surface area contributed by atoms with Gasteiger partial charge < -0.3 is 10.1 Å². The fourth-order valence-corrected chi connectivity index (χ4v) is 4.11. The van der Waals surface area contributed by atoms with Crippen molar-refractivity contribution in [1.29, 1.82) is 0 Å². The number of carbonyl (C=O) groups excluding carboxylic acids is 1. The van der Waals surface area contributed by atoms with E-state index in [1.807, 2.05) is 39.0 Å². The van der Waals surface area contributed by atoms with Crippen molar-refractivity contribution in [2.45, 2.75) is 52.0 Å². The number of benzene rings is 2. The lowest BCUT2D eigenvalue weighted by Crippen LogP contribution is -2.32. The second-order valence-corrected chi connectivity index (χ2v) is 9.54. The van der Waals surface area contributed by atoms with Gasteiger partial charge in [0.2, 0.25) is 5.95 Å². The summed E-state index contributed by atoms with van der Waals surface area (Å²) in [5.74, 6) is 0.327. The Morgan fingerprint density at radius 3 is 2.15 bits per heavy atom. The fourth-order valence-electron chi connectivity index (χ4n) is 3.16. The monoisotopic (exact) mass is 468 g/mol. The molecule has 0 aliphatic heterocycles. The minimum Gasteiger partial charge on any atom is -0.481 e. The Morgan fingerprint density at radius 1 is 0.939 bits per heavy atom. The van der Waals surface area contributed by atoms with Crippen molar-refractivity contribution in [3.8, 4) is 5.75 Å². The molecule has 174 valence electrons. The molecule has 2 aromatic carbocycles. The summed E-state index contributed by atoms with van der Waals surface area (Å²) in [7, 11) is -3.87. The molecule has 1 heterocycles. The van der Waals surface area contributed by atoms with Crippen molar-refractivity contribution in [2.75, 3.05) is 10.0 Å². The van der Waals surface area contributed by atoms with E-state index >= 15 is 0 Å². The molecule has 9 heteroatoms. The second-order valence-electron chi connectivity index (χ2n) is 7.85. The quantitative estimate of drug-likeness (QED) is 0.510. The molecule has 3 rings (SSSR count). The van der Waals surface area contributed by atoms with E-state index in [0.717, 1.165) is 11.1 Å². The maximum Gasteiger partial charge on any atom is 0.265 e. The molecule has 2 N–H and O–H groups in total.